The number of Topliss-reactive ketones (excluding diaryl/α,β-unsaturated/α-hetero) is 1. The number of rotatable bonds is 9. The highest BCUT2D eigenvalue weighted by molar-refractivity contribution is 8.01. The number of nitrogens with one attached hydrogen (secondary N) is 2. The van der Waals surface area contributed by atoms with Gasteiger partial charge < -0.3 is 10.6 Å². The molecule has 2 aromatic rings. The predicted molar refractivity (Wildman–Crippen MR) is 98.3 cm³/mol. The minimum Gasteiger partial charge on any atom is -0.357 e. The van der Waals surface area contributed by atoms with E-state index in [4.69, 9.17) is 0 Å². The van der Waals surface area contributed by atoms with E-state index in [1.54, 1.807) is 0 Å². The van der Waals surface area contributed by atoms with Crippen LogP contribution in [0.3, 0.4) is 0 Å². The van der Waals surface area contributed by atoms with E-state index >= 15 is 0 Å². The van der Waals surface area contributed by atoms with Gasteiger partial charge in [-0.2, -0.15) is 0 Å². The normalized spacial score (nSPS) is 13.7. The zero-order chi connectivity index (χ0) is 16.9. The minimum atomic E-state index is -0.0353. The molecular weight excluding hydrogens is 364 g/mol. The Balaban J connectivity index is 1.45. The number of amides is 1. The number of thioether (sulfide) groups is 1. The van der Waals surface area contributed by atoms with Crippen molar-refractivity contribution in [1.29, 1.82) is 0 Å². The fourth-order valence-electron chi connectivity index (χ4n) is 1.95. The summed E-state index contributed by atoms with van der Waals surface area (Å²) in [5.74, 6) is 0.429. The van der Waals surface area contributed by atoms with Gasteiger partial charge in [0.05, 0.1) is 10.6 Å². The van der Waals surface area contributed by atoms with Gasteiger partial charge >= 0.3 is 0 Å². The third-order valence-corrected chi connectivity index (χ3v) is 6.49. The number of nitrogens with zero attached hydrogens (tertiary/aromatic N) is 2. The molecule has 9 heteroatoms. The van der Waals surface area contributed by atoms with E-state index < -0.39 is 0 Å². The highest BCUT2D eigenvalue weighted by Crippen LogP contribution is 2.30. The van der Waals surface area contributed by atoms with Crippen molar-refractivity contribution in [3.63, 3.8) is 0 Å². The Morgan fingerprint density at radius 1 is 1.29 bits per heavy atom. The maximum Gasteiger partial charge on any atom is 0.216 e. The highest BCUT2D eigenvalue weighted by Gasteiger charge is 2.22. The molecule has 1 amide bonds. The lowest BCUT2D eigenvalue weighted by Gasteiger charge is -1.99. The zero-order valence-corrected chi connectivity index (χ0v) is 15.7. The van der Waals surface area contributed by atoms with Gasteiger partial charge in [0.2, 0.25) is 11.0 Å². The Morgan fingerprint density at radius 3 is 2.88 bits per heavy atom. The first-order chi connectivity index (χ1) is 11.6. The Labute approximate surface area is 152 Å². The molecule has 3 rings (SSSR count). The van der Waals surface area contributed by atoms with Crippen LogP contribution in [0.4, 0.5) is 5.13 Å². The lowest BCUT2D eigenvalue weighted by atomic mass is 10.3. The molecule has 2 aromatic heterocycles. The second kappa shape index (κ2) is 8.09. The average molecular weight is 383 g/mol. The molecule has 1 aliphatic carbocycles. The van der Waals surface area contributed by atoms with Gasteiger partial charge in [0, 0.05) is 24.4 Å². The Kier molecular flexibility index (Phi) is 5.85. The van der Waals surface area contributed by atoms with Gasteiger partial charge in [-0.15, -0.1) is 21.5 Å². The van der Waals surface area contributed by atoms with Crippen LogP contribution in [0.5, 0.6) is 0 Å². The van der Waals surface area contributed by atoms with E-state index in [2.05, 4.69) is 20.8 Å². The fraction of sp³-hybridized carbons (Fsp3) is 0.467. The van der Waals surface area contributed by atoms with Crippen LogP contribution < -0.4 is 10.6 Å². The Bertz CT molecular complexity index is 724. The molecule has 2 heterocycles. The first-order valence-electron chi connectivity index (χ1n) is 7.69. The van der Waals surface area contributed by atoms with E-state index in [0.29, 0.717) is 18.3 Å². The molecule has 1 saturated carbocycles. The summed E-state index contributed by atoms with van der Waals surface area (Å²) < 4.78 is 0.814. The molecular formula is C15H18N4O2S3. The number of aromatic nitrogens is 2. The number of hydrogen-bond acceptors (Lipinski definition) is 8. The van der Waals surface area contributed by atoms with Crippen LogP contribution in [0, 0.1) is 0 Å². The summed E-state index contributed by atoms with van der Waals surface area (Å²) >= 11 is 4.42. The first-order valence-corrected chi connectivity index (χ1v) is 10.3. The van der Waals surface area contributed by atoms with Crippen LogP contribution in [0.1, 0.15) is 34.3 Å². The quantitative estimate of drug-likeness (QED) is 0.512. The fourth-order valence-corrected chi connectivity index (χ4v) is 4.70. The average Bonchev–Trinajstić information content (AvgIpc) is 3.05. The summed E-state index contributed by atoms with van der Waals surface area (Å²) in [4.78, 5) is 25.0. The van der Waals surface area contributed by atoms with Gasteiger partial charge in [0.15, 0.2) is 10.1 Å². The third kappa shape index (κ3) is 5.29. The Morgan fingerprint density at radius 2 is 2.12 bits per heavy atom. The predicted octanol–water partition coefficient (Wildman–Crippen LogP) is 2.83. The summed E-state index contributed by atoms with van der Waals surface area (Å²) in [7, 11) is 0. The minimum absolute atomic E-state index is 0.0353. The van der Waals surface area contributed by atoms with Crippen molar-refractivity contribution >= 4 is 51.3 Å². The van der Waals surface area contributed by atoms with E-state index in [1.807, 2.05) is 12.1 Å². The van der Waals surface area contributed by atoms with Crippen LogP contribution in [0.15, 0.2) is 16.5 Å². The maximum absolute atomic E-state index is 12.3. The van der Waals surface area contributed by atoms with E-state index in [-0.39, 0.29) is 11.7 Å². The second-order valence-electron chi connectivity index (χ2n) is 5.50. The van der Waals surface area contributed by atoms with Crippen LogP contribution in [0.2, 0.25) is 0 Å². The topological polar surface area (TPSA) is 84.0 Å². The summed E-state index contributed by atoms with van der Waals surface area (Å²) in [6.45, 7) is 2.10. The summed E-state index contributed by atoms with van der Waals surface area (Å²) in [5.41, 5.74) is 0. The molecule has 6 nitrogen and oxygen atoms in total. The van der Waals surface area contributed by atoms with Gasteiger partial charge in [0.1, 0.15) is 0 Å². The van der Waals surface area contributed by atoms with E-state index in [9.17, 15) is 9.59 Å². The zero-order valence-electron chi connectivity index (χ0n) is 13.2. The smallest absolute Gasteiger partial charge is 0.216 e. The molecule has 0 unspecified atom stereocenters. The first kappa shape index (κ1) is 17.4. The van der Waals surface area contributed by atoms with Gasteiger partial charge in [-0.25, -0.2) is 0 Å². The number of carbonyl (C=O) groups excluding carboxylic acids is 2. The molecule has 1 aliphatic rings. The summed E-state index contributed by atoms with van der Waals surface area (Å²) in [5, 5.41) is 15.1. The van der Waals surface area contributed by atoms with Gasteiger partial charge in [-0.3, -0.25) is 9.59 Å². The monoisotopic (exact) mass is 382 g/mol. The lowest BCUT2D eigenvalue weighted by Crippen LogP contribution is -2.22. The number of thiophene rings is 1. The number of anilines is 1. The summed E-state index contributed by atoms with van der Waals surface area (Å²) in [6.07, 6.45) is 3.14. The van der Waals surface area contributed by atoms with Gasteiger partial charge in [-0.1, -0.05) is 23.1 Å². The van der Waals surface area contributed by atoms with Crippen LogP contribution >= 0.6 is 34.4 Å². The standard InChI is InChI=1S/C15H18N4O2S3/c1-9(20)16-7-6-11-4-5-13(23-11)12(21)8-22-15-19-18-14(24-15)17-10-2-3-10/h4-5,10H,2-3,6-8H2,1H3,(H,16,20)(H,17,18). The van der Waals surface area contributed by atoms with Crippen LogP contribution in [-0.4, -0.2) is 40.2 Å². The molecule has 0 bridgehead atoms. The lowest BCUT2D eigenvalue weighted by molar-refractivity contribution is -0.118. The van der Waals surface area contributed by atoms with Crippen molar-refractivity contribution in [1.82, 2.24) is 15.5 Å². The molecule has 1 fully saturated rings. The van der Waals surface area contributed by atoms with Crippen molar-refractivity contribution in [2.24, 2.45) is 0 Å². The van der Waals surface area contributed by atoms with E-state index in [0.717, 1.165) is 25.6 Å². The van der Waals surface area contributed by atoms with Gasteiger partial charge in [-0.05, 0) is 31.4 Å². The SMILES string of the molecule is CC(=O)NCCc1ccc(C(=O)CSc2nnc(NC3CC3)s2)s1. The molecule has 0 saturated heterocycles. The molecule has 0 aliphatic heterocycles. The van der Waals surface area contributed by atoms with Crippen molar-refractivity contribution in [2.45, 2.75) is 36.6 Å². The molecule has 128 valence electrons. The maximum atomic E-state index is 12.3. The third-order valence-electron chi connectivity index (χ3n) is 3.32. The number of ketones is 1. The molecule has 24 heavy (non-hydrogen) atoms. The van der Waals surface area contributed by atoms with Crippen molar-refractivity contribution < 1.29 is 9.59 Å². The van der Waals surface area contributed by atoms with Crippen molar-refractivity contribution in [2.75, 3.05) is 17.6 Å². The van der Waals surface area contributed by atoms with E-state index in [1.165, 1.54) is 54.2 Å². The molecule has 2 N–H and O–H groups in total. The highest BCUT2D eigenvalue weighted by atomic mass is 32.2. The van der Waals surface area contributed by atoms with Crippen LogP contribution in [-0.2, 0) is 11.2 Å². The Hall–Kier alpha value is -1.45. The molecule has 0 atom stereocenters. The van der Waals surface area contributed by atoms with Gasteiger partial charge in [0.25, 0.3) is 0 Å². The number of hydrogen-bond donors (Lipinski definition) is 2. The number of carbonyl (C=O) groups is 2. The van der Waals surface area contributed by atoms with Crippen molar-refractivity contribution in [3.05, 3.63) is 21.9 Å². The van der Waals surface area contributed by atoms with Crippen LogP contribution in [0.25, 0.3) is 0 Å². The second-order valence-corrected chi connectivity index (χ2v) is 8.87. The molecule has 0 radical (unpaired) electrons. The van der Waals surface area contributed by atoms with Crippen molar-refractivity contribution in [3.8, 4) is 0 Å². The molecule has 0 aromatic carbocycles. The largest absolute Gasteiger partial charge is 0.357 e. The summed E-state index contributed by atoms with van der Waals surface area (Å²) in [6, 6.07) is 4.36. The molecule has 0 spiro atoms.